The van der Waals surface area contributed by atoms with Crippen molar-refractivity contribution < 1.29 is 24.3 Å². The first-order valence-electron chi connectivity index (χ1n) is 9.73. The summed E-state index contributed by atoms with van der Waals surface area (Å²) in [5.74, 6) is 0. The fraction of sp³-hybridized carbons (Fsp3) is 0.550. The van der Waals surface area contributed by atoms with Crippen LogP contribution in [-0.4, -0.2) is 69.2 Å². The molecule has 1 fully saturated rings. The number of rotatable bonds is 11. The predicted octanol–water partition coefficient (Wildman–Crippen LogP) is 2.62. The SMILES string of the molecule is CN1C[C@H](C=CC(O)Cc2ccccc2)N(CCCCCCP(=O)(O)O)C1=O. The van der Waals surface area contributed by atoms with Gasteiger partial charge in [-0.15, -0.1) is 0 Å². The molecule has 0 radical (unpaired) electrons. The number of unbranched alkanes of at least 4 members (excludes halogenated alkanes) is 3. The van der Waals surface area contributed by atoms with Gasteiger partial charge in [-0.2, -0.15) is 0 Å². The zero-order chi connectivity index (χ0) is 20.6. The molecule has 1 aliphatic heterocycles. The zero-order valence-electron chi connectivity index (χ0n) is 16.4. The quantitative estimate of drug-likeness (QED) is 0.296. The third kappa shape index (κ3) is 7.76. The van der Waals surface area contributed by atoms with Crippen LogP contribution in [0, 0.1) is 0 Å². The van der Waals surface area contributed by atoms with Crippen molar-refractivity contribution in [3.63, 3.8) is 0 Å². The van der Waals surface area contributed by atoms with Crippen LogP contribution in [-0.2, 0) is 11.0 Å². The molecule has 2 atom stereocenters. The molecule has 1 heterocycles. The number of carbonyl (C=O) groups is 1. The molecule has 8 heteroatoms. The monoisotopic (exact) mass is 410 g/mol. The first kappa shape index (κ1) is 22.6. The summed E-state index contributed by atoms with van der Waals surface area (Å²) in [6.07, 6.45) is 6.36. The smallest absolute Gasteiger partial charge is 0.325 e. The Morgan fingerprint density at radius 3 is 2.54 bits per heavy atom. The fourth-order valence-corrected chi connectivity index (χ4v) is 4.01. The highest BCUT2D eigenvalue weighted by Gasteiger charge is 2.32. The van der Waals surface area contributed by atoms with Crippen LogP contribution < -0.4 is 0 Å². The molecule has 1 unspecified atom stereocenters. The lowest BCUT2D eigenvalue weighted by molar-refractivity contribution is 0.193. The van der Waals surface area contributed by atoms with E-state index in [1.165, 1.54) is 0 Å². The summed E-state index contributed by atoms with van der Waals surface area (Å²) in [4.78, 5) is 33.6. The number of urea groups is 1. The normalized spacial score (nSPS) is 19.0. The summed E-state index contributed by atoms with van der Waals surface area (Å²) < 4.78 is 10.8. The molecule has 1 aliphatic rings. The third-order valence-electron chi connectivity index (χ3n) is 4.87. The van der Waals surface area contributed by atoms with E-state index in [-0.39, 0.29) is 18.2 Å². The molecule has 2 amide bonds. The summed E-state index contributed by atoms with van der Waals surface area (Å²) in [5, 5.41) is 10.3. The van der Waals surface area contributed by atoms with Gasteiger partial charge < -0.3 is 24.7 Å². The molecule has 1 saturated heterocycles. The number of hydrogen-bond acceptors (Lipinski definition) is 3. The van der Waals surface area contributed by atoms with Crippen molar-refractivity contribution in [2.75, 3.05) is 26.3 Å². The van der Waals surface area contributed by atoms with Crippen LogP contribution in [0.25, 0.3) is 0 Å². The van der Waals surface area contributed by atoms with E-state index in [4.69, 9.17) is 9.79 Å². The maximum absolute atomic E-state index is 12.4. The summed E-state index contributed by atoms with van der Waals surface area (Å²) in [5.41, 5.74) is 1.06. The van der Waals surface area contributed by atoms with E-state index in [2.05, 4.69) is 0 Å². The molecule has 0 aliphatic carbocycles. The van der Waals surface area contributed by atoms with Crippen molar-refractivity contribution in [2.45, 2.75) is 44.2 Å². The lowest BCUT2D eigenvalue weighted by Gasteiger charge is -2.21. The van der Waals surface area contributed by atoms with Crippen molar-refractivity contribution >= 4 is 13.6 Å². The van der Waals surface area contributed by atoms with E-state index in [9.17, 15) is 14.5 Å². The Balaban J connectivity index is 1.79. The molecule has 0 spiro atoms. The molecule has 0 aromatic heterocycles. The summed E-state index contributed by atoms with van der Waals surface area (Å²) in [6, 6.07) is 9.68. The zero-order valence-corrected chi connectivity index (χ0v) is 17.2. The number of aliphatic hydroxyl groups is 1. The van der Waals surface area contributed by atoms with Crippen LogP contribution in [0.4, 0.5) is 4.79 Å². The highest BCUT2D eigenvalue weighted by molar-refractivity contribution is 7.51. The number of aliphatic hydroxyl groups excluding tert-OH is 1. The van der Waals surface area contributed by atoms with E-state index in [1.54, 1.807) is 22.9 Å². The van der Waals surface area contributed by atoms with Crippen LogP contribution in [0.15, 0.2) is 42.5 Å². The van der Waals surface area contributed by atoms with E-state index >= 15 is 0 Å². The van der Waals surface area contributed by atoms with Gasteiger partial charge in [-0.25, -0.2) is 4.79 Å². The molecule has 156 valence electrons. The number of benzene rings is 1. The van der Waals surface area contributed by atoms with Crippen LogP contribution in [0.5, 0.6) is 0 Å². The number of hydrogen-bond donors (Lipinski definition) is 3. The molecule has 2 rings (SSSR count). The van der Waals surface area contributed by atoms with Crippen LogP contribution in [0.2, 0.25) is 0 Å². The van der Waals surface area contributed by atoms with Gasteiger partial charge in [0.25, 0.3) is 0 Å². The van der Waals surface area contributed by atoms with Crippen molar-refractivity contribution in [2.24, 2.45) is 0 Å². The summed E-state index contributed by atoms with van der Waals surface area (Å²) >= 11 is 0. The Labute approximate surface area is 166 Å². The van der Waals surface area contributed by atoms with Gasteiger partial charge in [0.1, 0.15) is 0 Å². The molecule has 28 heavy (non-hydrogen) atoms. The van der Waals surface area contributed by atoms with Gasteiger partial charge in [-0.05, 0) is 18.4 Å². The molecule has 3 N–H and O–H groups in total. The van der Waals surface area contributed by atoms with Gasteiger partial charge >= 0.3 is 13.6 Å². The topological polar surface area (TPSA) is 101 Å². The molecule has 7 nitrogen and oxygen atoms in total. The molecule has 1 aromatic rings. The van der Waals surface area contributed by atoms with E-state index < -0.39 is 13.7 Å². The maximum Gasteiger partial charge on any atom is 0.325 e. The van der Waals surface area contributed by atoms with E-state index in [0.29, 0.717) is 25.9 Å². The van der Waals surface area contributed by atoms with Gasteiger partial charge in [0.05, 0.1) is 12.1 Å². The first-order chi connectivity index (χ1) is 13.3. The number of amides is 2. The van der Waals surface area contributed by atoms with Gasteiger partial charge in [-0.1, -0.05) is 55.3 Å². The van der Waals surface area contributed by atoms with Gasteiger partial charge in [-0.3, -0.25) is 4.57 Å². The fourth-order valence-electron chi connectivity index (χ4n) is 3.38. The third-order valence-corrected chi connectivity index (χ3v) is 5.77. The second-order valence-electron chi connectivity index (χ2n) is 7.37. The highest BCUT2D eigenvalue weighted by Crippen LogP contribution is 2.35. The first-order valence-corrected chi connectivity index (χ1v) is 11.5. The standard InChI is InChI=1S/C20H31N2O5P/c1-21-16-18(11-12-19(23)15-17-9-5-4-6-10-17)22(20(21)24)13-7-2-3-8-14-28(25,26)27/h4-6,9-12,18-19,23H,2-3,7-8,13-16H2,1H3,(H2,25,26,27)/t18-,19?/m0/s1. The molecular formula is C20H31N2O5P. The molecule has 0 bridgehead atoms. The predicted molar refractivity (Wildman–Crippen MR) is 109 cm³/mol. The second-order valence-corrected chi connectivity index (χ2v) is 9.14. The Morgan fingerprint density at radius 1 is 1.18 bits per heavy atom. The largest absolute Gasteiger partial charge is 0.389 e. The minimum absolute atomic E-state index is 0.0255. The van der Waals surface area contributed by atoms with Crippen molar-refractivity contribution in [1.29, 1.82) is 0 Å². The Morgan fingerprint density at radius 2 is 1.86 bits per heavy atom. The Bertz CT molecular complexity index is 691. The van der Waals surface area contributed by atoms with Crippen molar-refractivity contribution in [3.05, 3.63) is 48.0 Å². The highest BCUT2D eigenvalue weighted by atomic mass is 31.2. The minimum atomic E-state index is -3.91. The lowest BCUT2D eigenvalue weighted by Crippen LogP contribution is -2.34. The van der Waals surface area contributed by atoms with E-state index in [0.717, 1.165) is 24.8 Å². The minimum Gasteiger partial charge on any atom is -0.389 e. The van der Waals surface area contributed by atoms with E-state index in [1.807, 2.05) is 36.4 Å². The average molecular weight is 410 g/mol. The maximum atomic E-state index is 12.4. The number of likely N-dealkylation sites (N-methyl/N-ethyl adjacent to an activating group) is 1. The van der Waals surface area contributed by atoms with Gasteiger partial charge in [0.2, 0.25) is 0 Å². The van der Waals surface area contributed by atoms with Crippen molar-refractivity contribution in [3.8, 4) is 0 Å². The lowest BCUT2D eigenvalue weighted by atomic mass is 10.1. The van der Waals surface area contributed by atoms with Crippen molar-refractivity contribution in [1.82, 2.24) is 9.80 Å². The molecule has 1 aromatic carbocycles. The Kier molecular flexibility index (Phi) is 8.70. The number of nitrogens with zero attached hydrogens (tertiary/aromatic N) is 2. The number of carbonyl (C=O) groups excluding carboxylic acids is 1. The summed E-state index contributed by atoms with van der Waals surface area (Å²) in [7, 11) is -2.14. The molecular weight excluding hydrogens is 379 g/mol. The summed E-state index contributed by atoms with van der Waals surface area (Å²) in [6.45, 7) is 1.19. The molecule has 0 saturated carbocycles. The van der Waals surface area contributed by atoms with Crippen LogP contribution >= 0.6 is 7.60 Å². The van der Waals surface area contributed by atoms with Crippen LogP contribution in [0.3, 0.4) is 0 Å². The second kappa shape index (κ2) is 10.8. The van der Waals surface area contributed by atoms with Crippen LogP contribution in [0.1, 0.15) is 31.2 Å². The Hall–Kier alpha value is -1.66. The average Bonchev–Trinajstić information content (AvgIpc) is 2.90. The van der Waals surface area contributed by atoms with Gasteiger partial charge in [0.15, 0.2) is 0 Å². The van der Waals surface area contributed by atoms with Gasteiger partial charge in [0, 0.05) is 32.7 Å².